The van der Waals surface area contributed by atoms with Gasteiger partial charge in [-0.05, 0) is 61.7 Å². The lowest BCUT2D eigenvalue weighted by Gasteiger charge is -2.09. The Labute approximate surface area is 189 Å². The Balaban J connectivity index is 1.48. The van der Waals surface area contributed by atoms with Crippen LogP contribution < -0.4 is 10.0 Å². The Kier molecular flexibility index (Phi) is 6.03. The predicted molar refractivity (Wildman–Crippen MR) is 120 cm³/mol. The first-order valence-corrected chi connectivity index (χ1v) is 11.6. The second kappa shape index (κ2) is 8.76. The van der Waals surface area contributed by atoms with Gasteiger partial charge in [0, 0.05) is 10.9 Å². The third kappa shape index (κ3) is 5.00. The molecule has 0 unspecified atom stereocenters. The van der Waals surface area contributed by atoms with Crippen molar-refractivity contribution in [1.29, 1.82) is 0 Å². The SMILES string of the molecule is Cc1noc(C=Cc2ccc(S(=O)(=O)Nc3ccc(Cl)cc3F)cc2)c1NC(=O)C1CC1. The number of nitrogens with one attached hydrogen (secondary N) is 2. The van der Waals surface area contributed by atoms with Crippen molar-refractivity contribution in [2.75, 3.05) is 10.0 Å². The monoisotopic (exact) mass is 475 g/mol. The number of nitrogens with zero attached hydrogens (tertiary/aromatic N) is 1. The number of aryl methyl sites for hydroxylation is 1. The number of halogens is 2. The lowest BCUT2D eigenvalue weighted by molar-refractivity contribution is -0.117. The van der Waals surface area contributed by atoms with E-state index in [-0.39, 0.29) is 27.4 Å². The minimum absolute atomic E-state index is 0.0307. The minimum Gasteiger partial charge on any atom is -0.354 e. The first-order chi connectivity index (χ1) is 15.2. The van der Waals surface area contributed by atoms with Crippen molar-refractivity contribution >= 4 is 51.1 Å². The molecule has 1 aliphatic rings. The molecule has 0 aliphatic heterocycles. The van der Waals surface area contributed by atoms with E-state index in [1.54, 1.807) is 31.2 Å². The second-order valence-corrected chi connectivity index (χ2v) is 9.52. The van der Waals surface area contributed by atoms with Gasteiger partial charge in [0.05, 0.1) is 10.6 Å². The highest BCUT2D eigenvalue weighted by atomic mass is 35.5. The maximum atomic E-state index is 13.9. The van der Waals surface area contributed by atoms with Gasteiger partial charge in [0.15, 0.2) is 5.76 Å². The Bertz CT molecular complexity index is 1300. The van der Waals surface area contributed by atoms with Gasteiger partial charge in [-0.3, -0.25) is 9.52 Å². The number of carbonyl (C=O) groups is 1. The number of sulfonamides is 1. The Morgan fingerprint density at radius 3 is 2.56 bits per heavy atom. The Morgan fingerprint density at radius 1 is 1.19 bits per heavy atom. The molecule has 32 heavy (non-hydrogen) atoms. The summed E-state index contributed by atoms with van der Waals surface area (Å²) >= 11 is 5.69. The second-order valence-electron chi connectivity index (χ2n) is 7.40. The van der Waals surface area contributed by atoms with Crippen molar-refractivity contribution in [1.82, 2.24) is 5.16 Å². The summed E-state index contributed by atoms with van der Waals surface area (Å²) < 4.78 is 46.5. The molecule has 0 spiro atoms. The molecule has 2 aromatic carbocycles. The van der Waals surface area contributed by atoms with Gasteiger partial charge in [0.2, 0.25) is 5.91 Å². The highest BCUT2D eigenvalue weighted by Gasteiger charge is 2.30. The van der Waals surface area contributed by atoms with Crippen LogP contribution in [0.3, 0.4) is 0 Å². The van der Waals surface area contributed by atoms with E-state index in [1.807, 2.05) is 0 Å². The van der Waals surface area contributed by atoms with E-state index in [4.69, 9.17) is 16.1 Å². The van der Waals surface area contributed by atoms with Crippen LogP contribution in [-0.4, -0.2) is 19.5 Å². The van der Waals surface area contributed by atoms with Crippen LogP contribution in [0, 0.1) is 18.7 Å². The summed E-state index contributed by atoms with van der Waals surface area (Å²) in [6.07, 6.45) is 5.12. The molecule has 0 atom stereocenters. The largest absolute Gasteiger partial charge is 0.354 e. The number of hydrogen-bond acceptors (Lipinski definition) is 5. The highest BCUT2D eigenvalue weighted by molar-refractivity contribution is 7.92. The van der Waals surface area contributed by atoms with Crippen LogP contribution in [0.5, 0.6) is 0 Å². The number of carbonyl (C=O) groups excluding carboxylic acids is 1. The lowest BCUT2D eigenvalue weighted by Crippen LogP contribution is -2.14. The molecule has 7 nitrogen and oxygen atoms in total. The van der Waals surface area contributed by atoms with Crippen LogP contribution in [-0.2, 0) is 14.8 Å². The molecule has 1 saturated carbocycles. The quantitative estimate of drug-likeness (QED) is 0.495. The molecule has 1 fully saturated rings. The van der Waals surface area contributed by atoms with Gasteiger partial charge in [-0.2, -0.15) is 0 Å². The van der Waals surface area contributed by atoms with Crippen molar-refractivity contribution in [2.45, 2.75) is 24.7 Å². The van der Waals surface area contributed by atoms with E-state index in [0.717, 1.165) is 18.9 Å². The van der Waals surface area contributed by atoms with Crippen molar-refractivity contribution < 1.29 is 22.1 Å². The predicted octanol–water partition coefficient (Wildman–Crippen LogP) is 5.10. The van der Waals surface area contributed by atoms with Crippen molar-refractivity contribution in [3.05, 3.63) is 70.3 Å². The molecular weight excluding hydrogens is 457 g/mol. The van der Waals surface area contributed by atoms with Crippen LogP contribution in [0.1, 0.15) is 29.9 Å². The number of benzene rings is 2. The van der Waals surface area contributed by atoms with E-state index in [1.165, 1.54) is 24.3 Å². The summed E-state index contributed by atoms with van der Waals surface area (Å²) in [6.45, 7) is 1.74. The number of hydrogen-bond donors (Lipinski definition) is 2. The van der Waals surface area contributed by atoms with Crippen LogP contribution in [0.2, 0.25) is 5.02 Å². The van der Waals surface area contributed by atoms with E-state index in [2.05, 4.69) is 15.2 Å². The molecule has 3 aromatic rings. The third-order valence-electron chi connectivity index (χ3n) is 4.88. The van der Waals surface area contributed by atoms with E-state index >= 15 is 0 Å². The zero-order valence-electron chi connectivity index (χ0n) is 16.9. The average Bonchev–Trinajstić information content (AvgIpc) is 3.55. The summed E-state index contributed by atoms with van der Waals surface area (Å²) in [4.78, 5) is 12.0. The lowest BCUT2D eigenvalue weighted by atomic mass is 10.2. The van der Waals surface area contributed by atoms with E-state index in [0.29, 0.717) is 22.7 Å². The smallest absolute Gasteiger partial charge is 0.261 e. The van der Waals surface area contributed by atoms with E-state index < -0.39 is 15.8 Å². The standard InChI is InChI=1S/C22H19ClFN3O4S/c1-13-21(25-22(28)15-5-6-15)20(31-26-13)11-4-14-2-8-17(9-3-14)32(29,30)27-19-10-7-16(23)12-18(19)24/h2-4,7-12,15,27H,5-6H2,1H3,(H,25,28). The minimum atomic E-state index is -3.98. The molecular formula is C22H19ClFN3O4S. The average molecular weight is 476 g/mol. The van der Waals surface area contributed by atoms with Gasteiger partial charge >= 0.3 is 0 Å². The fraction of sp³-hybridized carbons (Fsp3) is 0.182. The Hall–Kier alpha value is -3.17. The molecule has 4 rings (SSSR count). The summed E-state index contributed by atoms with van der Waals surface area (Å²) in [5, 5.41) is 6.90. The third-order valence-corrected chi connectivity index (χ3v) is 6.49. The van der Waals surface area contributed by atoms with Gasteiger partial charge in [0.25, 0.3) is 10.0 Å². The number of rotatable bonds is 7. The van der Waals surface area contributed by atoms with Gasteiger partial charge in [-0.25, -0.2) is 12.8 Å². The van der Waals surface area contributed by atoms with Gasteiger partial charge in [0.1, 0.15) is 17.2 Å². The van der Waals surface area contributed by atoms with Crippen molar-refractivity contribution in [3.63, 3.8) is 0 Å². The molecule has 1 aromatic heterocycles. The van der Waals surface area contributed by atoms with Crippen LogP contribution in [0.25, 0.3) is 12.2 Å². The van der Waals surface area contributed by atoms with Gasteiger partial charge in [-0.1, -0.05) is 35.0 Å². The zero-order valence-corrected chi connectivity index (χ0v) is 18.5. The van der Waals surface area contributed by atoms with Crippen molar-refractivity contribution in [2.24, 2.45) is 5.92 Å². The van der Waals surface area contributed by atoms with Crippen LogP contribution in [0.4, 0.5) is 15.8 Å². The summed E-state index contributed by atoms with van der Waals surface area (Å²) in [7, 11) is -3.98. The molecule has 0 radical (unpaired) electrons. The zero-order chi connectivity index (χ0) is 22.9. The molecule has 0 saturated heterocycles. The Morgan fingerprint density at radius 2 is 1.91 bits per heavy atom. The molecule has 1 amide bonds. The summed E-state index contributed by atoms with van der Waals surface area (Å²) in [5.41, 5.74) is 1.59. The first-order valence-electron chi connectivity index (χ1n) is 9.76. The number of aromatic nitrogens is 1. The summed E-state index contributed by atoms with van der Waals surface area (Å²) in [6, 6.07) is 9.66. The molecule has 2 N–H and O–H groups in total. The van der Waals surface area contributed by atoms with Gasteiger partial charge in [-0.15, -0.1) is 0 Å². The maximum Gasteiger partial charge on any atom is 0.261 e. The molecule has 0 bridgehead atoms. The maximum absolute atomic E-state index is 13.9. The molecule has 10 heteroatoms. The topological polar surface area (TPSA) is 101 Å². The molecule has 1 aliphatic carbocycles. The van der Waals surface area contributed by atoms with Crippen LogP contribution in [0.15, 0.2) is 51.9 Å². The molecule has 166 valence electrons. The van der Waals surface area contributed by atoms with Crippen molar-refractivity contribution in [3.8, 4) is 0 Å². The van der Waals surface area contributed by atoms with Crippen LogP contribution >= 0.6 is 11.6 Å². The van der Waals surface area contributed by atoms with E-state index in [9.17, 15) is 17.6 Å². The normalized spacial score (nSPS) is 14.0. The highest BCUT2D eigenvalue weighted by Crippen LogP contribution is 2.32. The van der Waals surface area contributed by atoms with Gasteiger partial charge < -0.3 is 9.84 Å². The number of amides is 1. The fourth-order valence-electron chi connectivity index (χ4n) is 2.93. The fourth-order valence-corrected chi connectivity index (χ4v) is 4.16. The summed E-state index contributed by atoms with van der Waals surface area (Å²) in [5.74, 6) is -0.378. The molecule has 1 heterocycles. The first kappa shape index (κ1) is 22.0. The number of anilines is 2.